The number of phosphoric acid groups is 1. The molecule has 2 atom stereocenters. The van der Waals surface area contributed by atoms with Gasteiger partial charge in [-0.05, 0) is 77.0 Å². The van der Waals surface area contributed by atoms with Crippen LogP contribution in [0.4, 0.5) is 0 Å². The molecule has 0 saturated heterocycles. The van der Waals surface area contributed by atoms with Gasteiger partial charge in [0.15, 0.2) is 6.10 Å². The Kier molecular flexibility index (Phi) is 56.3. The van der Waals surface area contributed by atoms with Crippen molar-refractivity contribution in [1.29, 1.82) is 0 Å². The Morgan fingerprint density at radius 3 is 1.09 bits per heavy atom. The molecule has 0 bridgehead atoms. The molecule has 1 N–H and O–H groups in total. The van der Waals surface area contributed by atoms with Gasteiger partial charge in [0.2, 0.25) is 0 Å². The molecule has 0 amide bonds. The third kappa shape index (κ3) is 62.1. The van der Waals surface area contributed by atoms with E-state index in [0.717, 1.165) is 96.3 Å². The van der Waals surface area contributed by atoms with Gasteiger partial charge < -0.3 is 18.9 Å². The van der Waals surface area contributed by atoms with Crippen molar-refractivity contribution >= 4 is 19.8 Å². The first-order valence-electron chi connectivity index (χ1n) is 32.0. The molecule has 450 valence electrons. The summed E-state index contributed by atoms with van der Waals surface area (Å²) < 4.78 is 34.6. The van der Waals surface area contributed by atoms with E-state index in [1.807, 2.05) is 21.1 Å². The molecule has 0 fully saturated rings. The second kappa shape index (κ2) is 58.6. The summed E-state index contributed by atoms with van der Waals surface area (Å²) >= 11 is 0. The molecule has 10 heteroatoms. The highest BCUT2D eigenvalue weighted by atomic mass is 31.2. The van der Waals surface area contributed by atoms with E-state index in [1.54, 1.807) is 0 Å². The maximum atomic E-state index is 12.8. The van der Waals surface area contributed by atoms with E-state index in [1.165, 1.54) is 141 Å². The molecule has 0 radical (unpaired) electrons. The van der Waals surface area contributed by atoms with Gasteiger partial charge in [-0.2, -0.15) is 0 Å². The number of carbonyl (C=O) groups is 2. The van der Waals surface area contributed by atoms with Gasteiger partial charge in [-0.15, -0.1) is 0 Å². The number of unbranched alkanes of at least 4 members (excludes halogenated alkanes) is 28. The molecule has 0 rings (SSSR count). The Morgan fingerprint density at radius 1 is 0.410 bits per heavy atom. The number of hydrogen-bond acceptors (Lipinski definition) is 7. The molecule has 2 unspecified atom stereocenters. The first-order valence-corrected chi connectivity index (χ1v) is 33.5. The maximum absolute atomic E-state index is 12.8. The minimum absolute atomic E-state index is 0.0227. The number of phosphoric ester groups is 1. The first kappa shape index (κ1) is 74.9. The number of quaternary nitrogens is 1. The zero-order valence-electron chi connectivity index (χ0n) is 51.1. The van der Waals surface area contributed by atoms with Crippen molar-refractivity contribution in [3.63, 3.8) is 0 Å². The van der Waals surface area contributed by atoms with Gasteiger partial charge >= 0.3 is 19.8 Å². The van der Waals surface area contributed by atoms with Crippen LogP contribution in [0, 0.1) is 0 Å². The van der Waals surface area contributed by atoms with Crippen molar-refractivity contribution in [3.05, 3.63) is 97.2 Å². The molecule has 0 heterocycles. The van der Waals surface area contributed by atoms with Crippen molar-refractivity contribution < 1.29 is 42.1 Å². The highest BCUT2D eigenvalue weighted by Crippen LogP contribution is 2.43. The standard InChI is InChI=1S/C68H120NO8P/c1-6-8-10-12-14-16-18-20-22-24-26-28-30-32-33-34-35-37-39-41-43-45-47-49-51-53-55-57-59-61-68(71)77-66(65-76-78(72,73)75-63-62-69(3,4)5)64-74-67(70)60-58-56-54-52-50-48-46-44-42-40-38-36-31-29-27-25-23-21-19-17-15-13-11-9-7-2/h8,10,14,16,20,22,26,28,32-33,35,37,41,43,47,49,66H,6-7,9,11-13,15,17-19,21,23-25,27,29-31,34,36,38-40,42,44-46,48,50-65H2,1-5H3/p+1/b10-8-,16-14-,22-20-,28-26-,33-32-,37-35-,43-41-,49-47-. The van der Waals surface area contributed by atoms with Gasteiger partial charge in [0.25, 0.3) is 0 Å². The van der Waals surface area contributed by atoms with Crippen LogP contribution in [-0.4, -0.2) is 74.9 Å². The molecule has 0 aromatic carbocycles. The van der Waals surface area contributed by atoms with E-state index >= 15 is 0 Å². The van der Waals surface area contributed by atoms with E-state index in [9.17, 15) is 19.0 Å². The zero-order chi connectivity index (χ0) is 57.0. The molecule has 0 aliphatic carbocycles. The highest BCUT2D eigenvalue weighted by molar-refractivity contribution is 7.47. The fraction of sp³-hybridized carbons (Fsp3) is 0.735. The number of allylic oxidation sites excluding steroid dienone is 16. The minimum atomic E-state index is -4.40. The lowest BCUT2D eigenvalue weighted by Gasteiger charge is -2.24. The average Bonchev–Trinajstić information content (AvgIpc) is 3.41. The lowest BCUT2D eigenvalue weighted by atomic mass is 10.0. The van der Waals surface area contributed by atoms with Crippen LogP contribution in [0.5, 0.6) is 0 Å². The number of rotatable bonds is 58. The zero-order valence-corrected chi connectivity index (χ0v) is 52.0. The molecule has 0 aromatic rings. The number of carbonyl (C=O) groups excluding carboxylic acids is 2. The minimum Gasteiger partial charge on any atom is -0.462 e. The maximum Gasteiger partial charge on any atom is 0.472 e. The van der Waals surface area contributed by atoms with Gasteiger partial charge in [0.1, 0.15) is 19.8 Å². The highest BCUT2D eigenvalue weighted by Gasteiger charge is 2.27. The predicted octanol–water partition coefficient (Wildman–Crippen LogP) is 20.4. The largest absolute Gasteiger partial charge is 0.472 e. The van der Waals surface area contributed by atoms with E-state index in [-0.39, 0.29) is 32.0 Å². The normalized spacial score (nSPS) is 13.9. The van der Waals surface area contributed by atoms with Crippen LogP contribution in [-0.2, 0) is 32.7 Å². The lowest BCUT2D eigenvalue weighted by molar-refractivity contribution is -0.870. The number of hydrogen-bond donors (Lipinski definition) is 1. The monoisotopic (exact) mass is 1110 g/mol. The van der Waals surface area contributed by atoms with Crippen molar-refractivity contribution in [1.82, 2.24) is 0 Å². The molecular formula is C68H121NO8P+. The number of ether oxygens (including phenoxy) is 2. The van der Waals surface area contributed by atoms with E-state index in [4.69, 9.17) is 18.5 Å². The second-order valence-electron chi connectivity index (χ2n) is 22.4. The Labute approximate surface area is 481 Å². The molecule has 78 heavy (non-hydrogen) atoms. The van der Waals surface area contributed by atoms with Crippen molar-refractivity contribution in [3.8, 4) is 0 Å². The quantitative estimate of drug-likeness (QED) is 0.0211. The topological polar surface area (TPSA) is 108 Å². The summed E-state index contributed by atoms with van der Waals surface area (Å²) in [6.07, 6.45) is 80.6. The summed E-state index contributed by atoms with van der Waals surface area (Å²) in [7, 11) is 1.45. The van der Waals surface area contributed by atoms with Gasteiger partial charge in [0, 0.05) is 12.8 Å². The van der Waals surface area contributed by atoms with Crippen LogP contribution in [0.1, 0.15) is 271 Å². The van der Waals surface area contributed by atoms with E-state index < -0.39 is 26.5 Å². The Bertz CT molecular complexity index is 1640. The molecule has 0 saturated carbocycles. The van der Waals surface area contributed by atoms with E-state index in [2.05, 4.69) is 111 Å². The molecule has 0 aromatic heterocycles. The summed E-state index contributed by atoms with van der Waals surface area (Å²) in [5.41, 5.74) is 0. The van der Waals surface area contributed by atoms with E-state index in [0.29, 0.717) is 17.4 Å². The number of esters is 2. The molecule has 0 aliphatic heterocycles. The fourth-order valence-corrected chi connectivity index (χ4v) is 9.48. The van der Waals surface area contributed by atoms with Crippen molar-refractivity contribution in [2.45, 2.75) is 277 Å². The third-order valence-corrected chi connectivity index (χ3v) is 14.6. The van der Waals surface area contributed by atoms with Crippen LogP contribution >= 0.6 is 7.82 Å². The molecule has 9 nitrogen and oxygen atoms in total. The van der Waals surface area contributed by atoms with Crippen LogP contribution in [0.3, 0.4) is 0 Å². The summed E-state index contributed by atoms with van der Waals surface area (Å²) in [4.78, 5) is 35.8. The smallest absolute Gasteiger partial charge is 0.462 e. The average molecular weight is 1110 g/mol. The first-order chi connectivity index (χ1) is 38.0. The Balaban J connectivity index is 4.19. The van der Waals surface area contributed by atoms with Gasteiger partial charge in [-0.25, -0.2) is 4.57 Å². The molecule has 0 aliphatic rings. The van der Waals surface area contributed by atoms with Crippen LogP contribution in [0.25, 0.3) is 0 Å². The lowest BCUT2D eigenvalue weighted by Crippen LogP contribution is -2.37. The third-order valence-electron chi connectivity index (χ3n) is 13.6. The Morgan fingerprint density at radius 2 is 0.731 bits per heavy atom. The summed E-state index contributed by atoms with van der Waals surface area (Å²) in [6.45, 7) is 4.31. The Hall–Kier alpha value is -3.07. The summed E-state index contributed by atoms with van der Waals surface area (Å²) in [5.74, 6) is -0.822. The molecule has 0 spiro atoms. The summed E-state index contributed by atoms with van der Waals surface area (Å²) in [6, 6.07) is 0. The van der Waals surface area contributed by atoms with Gasteiger partial charge in [-0.3, -0.25) is 18.6 Å². The number of nitrogens with zero attached hydrogens (tertiary/aromatic N) is 1. The molecular weight excluding hydrogens is 990 g/mol. The van der Waals surface area contributed by atoms with Gasteiger partial charge in [-0.1, -0.05) is 278 Å². The van der Waals surface area contributed by atoms with Gasteiger partial charge in [0.05, 0.1) is 27.7 Å². The SMILES string of the molecule is CC/C=C\C/C=C\C/C=C\C/C=C\C/C=C\C/C=C\C/C=C\C/C=C\CCCCCCC(=O)OC(COC(=O)CCCCCCCCCCCCCCCCCCCCCCCCCCC)COP(=O)(O)OCC[N+](C)(C)C. The second-order valence-corrected chi connectivity index (χ2v) is 23.9. The fourth-order valence-electron chi connectivity index (χ4n) is 8.74. The van der Waals surface area contributed by atoms with Crippen LogP contribution in [0.15, 0.2) is 97.2 Å². The van der Waals surface area contributed by atoms with Crippen molar-refractivity contribution in [2.75, 3.05) is 47.5 Å². The van der Waals surface area contributed by atoms with Crippen LogP contribution < -0.4 is 0 Å². The number of likely N-dealkylation sites (N-methyl/N-ethyl adjacent to an activating group) is 1. The van der Waals surface area contributed by atoms with Crippen molar-refractivity contribution in [2.24, 2.45) is 0 Å². The predicted molar refractivity (Wildman–Crippen MR) is 335 cm³/mol. The summed E-state index contributed by atoms with van der Waals surface area (Å²) in [5, 5.41) is 0. The van der Waals surface area contributed by atoms with Crippen LogP contribution in [0.2, 0.25) is 0 Å².